The molecule has 2 aromatic rings. The first-order chi connectivity index (χ1) is 10.2. The van der Waals surface area contributed by atoms with Crippen LogP contribution in [-0.2, 0) is 0 Å². The van der Waals surface area contributed by atoms with Crippen molar-refractivity contribution < 1.29 is 14.2 Å². The van der Waals surface area contributed by atoms with E-state index < -0.39 is 0 Å². The van der Waals surface area contributed by atoms with Crippen molar-refractivity contribution >= 4 is 0 Å². The molecule has 0 saturated carbocycles. The maximum absolute atomic E-state index is 9.04. The number of rotatable bonds is 4. The van der Waals surface area contributed by atoms with Crippen LogP contribution in [0.3, 0.4) is 0 Å². The average Bonchev–Trinajstić information content (AvgIpc) is 2.54. The molecule has 5 heteroatoms. The Bertz CT molecular complexity index is 720. The third-order valence-electron chi connectivity index (χ3n) is 2.83. The fraction of sp³-hybridized carbons (Fsp3) is 0.125. The summed E-state index contributed by atoms with van der Waals surface area (Å²) < 4.78 is 16.2. The first kappa shape index (κ1) is 14.2. The zero-order valence-corrected chi connectivity index (χ0v) is 11.6. The lowest BCUT2D eigenvalue weighted by Gasteiger charge is -2.14. The highest BCUT2D eigenvalue weighted by Crippen LogP contribution is 2.40. The van der Waals surface area contributed by atoms with Crippen molar-refractivity contribution in [2.45, 2.75) is 0 Å². The predicted octanol–water partition coefficient (Wildman–Crippen LogP) is 3.24. The Morgan fingerprint density at radius 1 is 0.857 bits per heavy atom. The van der Waals surface area contributed by atoms with Crippen LogP contribution < -0.4 is 14.2 Å². The summed E-state index contributed by atoms with van der Waals surface area (Å²) in [6.45, 7) is 0. The molecule has 0 aliphatic carbocycles. The lowest BCUT2D eigenvalue weighted by atomic mass is 10.1. The van der Waals surface area contributed by atoms with E-state index in [1.54, 1.807) is 24.3 Å². The molecule has 2 aromatic carbocycles. The van der Waals surface area contributed by atoms with Crippen LogP contribution in [0.1, 0.15) is 11.1 Å². The van der Waals surface area contributed by atoms with Crippen LogP contribution in [0, 0.1) is 22.7 Å². The quantitative estimate of drug-likeness (QED) is 0.859. The van der Waals surface area contributed by atoms with E-state index in [1.165, 1.54) is 26.4 Å². The third kappa shape index (κ3) is 2.88. The highest BCUT2D eigenvalue weighted by Gasteiger charge is 2.13. The molecule has 0 radical (unpaired) electrons. The molecule has 21 heavy (non-hydrogen) atoms. The molecule has 104 valence electrons. The van der Waals surface area contributed by atoms with Crippen molar-refractivity contribution in [2.75, 3.05) is 14.2 Å². The predicted molar refractivity (Wildman–Crippen MR) is 75.5 cm³/mol. The van der Waals surface area contributed by atoms with Crippen LogP contribution >= 0.6 is 0 Å². The van der Waals surface area contributed by atoms with E-state index in [9.17, 15) is 0 Å². The second-order valence-electron chi connectivity index (χ2n) is 4.02. The zero-order valence-electron chi connectivity index (χ0n) is 11.6. The van der Waals surface area contributed by atoms with Gasteiger partial charge in [0, 0.05) is 0 Å². The second kappa shape index (κ2) is 6.31. The summed E-state index contributed by atoms with van der Waals surface area (Å²) in [7, 11) is 3.06. The van der Waals surface area contributed by atoms with Gasteiger partial charge < -0.3 is 14.2 Å². The van der Waals surface area contributed by atoms with Crippen molar-refractivity contribution in [2.24, 2.45) is 0 Å². The number of ether oxygens (including phenoxy) is 3. The van der Waals surface area contributed by atoms with Gasteiger partial charge in [-0.05, 0) is 30.3 Å². The van der Waals surface area contributed by atoms with Gasteiger partial charge in [-0.15, -0.1) is 0 Å². The Kier molecular flexibility index (Phi) is 4.28. The van der Waals surface area contributed by atoms with E-state index in [0.717, 1.165) is 0 Å². The molecule has 5 nitrogen and oxygen atoms in total. The van der Waals surface area contributed by atoms with Gasteiger partial charge in [-0.1, -0.05) is 6.07 Å². The number of hydrogen-bond donors (Lipinski definition) is 0. The summed E-state index contributed by atoms with van der Waals surface area (Å²) in [5, 5.41) is 17.9. The summed E-state index contributed by atoms with van der Waals surface area (Å²) in [6, 6.07) is 13.8. The maximum Gasteiger partial charge on any atom is 0.210 e. The van der Waals surface area contributed by atoms with E-state index in [-0.39, 0.29) is 5.56 Å². The highest BCUT2D eigenvalue weighted by molar-refractivity contribution is 5.55. The summed E-state index contributed by atoms with van der Waals surface area (Å²) in [6.07, 6.45) is 0. The Hall–Kier alpha value is -3.18. The fourth-order valence-corrected chi connectivity index (χ4v) is 1.81. The monoisotopic (exact) mass is 280 g/mol. The molecule has 0 aliphatic heterocycles. The molecule has 0 fully saturated rings. The fourth-order valence-electron chi connectivity index (χ4n) is 1.81. The van der Waals surface area contributed by atoms with Crippen molar-refractivity contribution in [3.8, 4) is 35.1 Å². The van der Waals surface area contributed by atoms with E-state index >= 15 is 0 Å². The van der Waals surface area contributed by atoms with Crippen LogP contribution in [0.25, 0.3) is 0 Å². The Labute approximate surface area is 122 Å². The van der Waals surface area contributed by atoms with Gasteiger partial charge >= 0.3 is 0 Å². The van der Waals surface area contributed by atoms with Crippen molar-refractivity contribution in [3.63, 3.8) is 0 Å². The lowest BCUT2D eigenvalue weighted by Crippen LogP contribution is -1.95. The van der Waals surface area contributed by atoms with E-state index in [4.69, 9.17) is 24.7 Å². The highest BCUT2D eigenvalue weighted by atomic mass is 16.5. The van der Waals surface area contributed by atoms with Crippen LogP contribution in [0.4, 0.5) is 0 Å². The number of nitriles is 2. The van der Waals surface area contributed by atoms with Crippen LogP contribution in [0.15, 0.2) is 36.4 Å². The van der Waals surface area contributed by atoms with Gasteiger partial charge in [0.1, 0.15) is 17.9 Å². The van der Waals surface area contributed by atoms with E-state index in [1.807, 2.05) is 12.1 Å². The number of methoxy groups -OCH3 is 2. The smallest absolute Gasteiger partial charge is 0.210 e. The first-order valence-electron chi connectivity index (χ1n) is 6.06. The lowest BCUT2D eigenvalue weighted by molar-refractivity contribution is 0.346. The van der Waals surface area contributed by atoms with E-state index in [0.29, 0.717) is 28.6 Å². The van der Waals surface area contributed by atoms with Crippen LogP contribution in [0.5, 0.6) is 23.0 Å². The zero-order chi connectivity index (χ0) is 15.2. The molecular formula is C16H12N2O3. The standard InChI is InChI=1S/C16H12N2O3/c1-19-14-4-3-5-15(20-2)16(14)21-13-7-6-11(9-17)12(8-13)10-18/h3-8H,1-2H3. The Morgan fingerprint density at radius 2 is 1.48 bits per heavy atom. The van der Waals surface area contributed by atoms with Gasteiger partial charge in [-0.3, -0.25) is 0 Å². The Balaban J connectivity index is 2.44. The van der Waals surface area contributed by atoms with Gasteiger partial charge in [0.2, 0.25) is 5.75 Å². The molecule has 0 N–H and O–H groups in total. The van der Waals surface area contributed by atoms with Crippen LogP contribution in [0.2, 0.25) is 0 Å². The minimum absolute atomic E-state index is 0.254. The van der Waals surface area contributed by atoms with Crippen molar-refractivity contribution in [1.82, 2.24) is 0 Å². The van der Waals surface area contributed by atoms with Gasteiger partial charge in [0.25, 0.3) is 0 Å². The van der Waals surface area contributed by atoms with E-state index in [2.05, 4.69) is 0 Å². The number of hydrogen-bond acceptors (Lipinski definition) is 5. The SMILES string of the molecule is COc1cccc(OC)c1Oc1ccc(C#N)c(C#N)c1. The minimum atomic E-state index is 0.254. The topological polar surface area (TPSA) is 75.3 Å². The molecule has 0 bridgehead atoms. The molecule has 0 heterocycles. The molecule has 0 aromatic heterocycles. The molecule has 0 amide bonds. The summed E-state index contributed by atoms with van der Waals surface area (Å²) in [4.78, 5) is 0. The van der Waals surface area contributed by atoms with Gasteiger partial charge in [0.05, 0.1) is 25.3 Å². The maximum atomic E-state index is 9.04. The van der Waals surface area contributed by atoms with Crippen molar-refractivity contribution in [3.05, 3.63) is 47.5 Å². The summed E-state index contributed by atoms with van der Waals surface area (Å²) in [5.74, 6) is 1.86. The molecule has 0 aliphatic rings. The summed E-state index contributed by atoms with van der Waals surface area (Å²) in [5.41, 5.74) is 0.556. The van der Waals surface area contributed by atoms with Gasteiger partial charge in [-0.2, -0.15) is 10.5 Å². The molecule has 2 rings (SSSR count). The van der Waals surface area contributed by atoms with Crippen LogP contribution in [-0.4, -0.2) is 14.2 Å². The number of para-hydroxylation sites is 1. The van der Waals surface area contributed by atoms with Crippen molar-refractivity contribution in [1.29, 1.82) is 10.5 Å². The van der Waals surface area contributed by atoms with Gasteiger partial charge in [-0.25, -0.2) is 0 Å². The largest absolute Gasteiger partial charge is 0.493 e. The summed E-state index contributed by atoms with van der Waals surface area (Å²) >= 11 is 0. The molecule has 0 unspecified atom stereocenters. The van der Waals surface area contributed by atoms with Gasteiger partial charge in [0.15, 0.2) is 11.5 Å². The molecule has 0 atom stereocenters. The first-order valence-corrected chi connectivity index (χ1v) is 6.06. The number of benzene rings is 2. The molecule has 0 saturated heterocycles. The second-order valence-corrected chi connectivity index (χ2v) is 4.02. The molecule has 0 spiro atoms. The molecular weight excluding hydrogens is 268 g/mol. The minimum Gasteiger partial charge on any atom is -0.493 e. The normalized spacial score (nSPS) is 9.33. The number of nitrogens with zero attached hydrogens (tertiary/aromatic N) is 2. The average molecular weight is 280 g/mol. The third-order valence-corrected chi connectivity index (χ3v) is 2.83. The Morgan fingerprint density at radius 3 is 2.00 bits per heavy atom.